The average Bonchev–Trinajstić information content (AvgIpc) is 2.22. The second-order valence-electron chi connectivity index (χ2n) is 3.01. The number of carbonyl (C=O) groups is 1. The molecule has 0 bridgehead atoms. The molecule has 3 N–H and O–H groups in total. The zero-order chi connectivity index (χ0) is 11.3. The molecule has 0 saturated heterocycles. The molecule has 0 atom stereocenters. The van der Waals surface area contributed by atoms with E-state index < -0.39 is 0 Å². The molecule has 4 nitrogen and oxygen atoms in total. The zero-order valence-electron chi connectivity index (χ0n) is 8.38. The molecule has 0 heterocycles. The number of benzene rings is 1. The molecule has 1 amide bonds. The number of hydrogen-bond acceptors (Lipinski definition) is 3. The molecule has 0 saturated carbocycles. The molecule has 1 rings (SSSR count). The van der Waals surface area contributed by atoms with Gasteiger partial charge < -0.3 is 15.7 Å². The Balaban J connectivity index is 2.54. The Hall–Kier alpha value is -1.26. The van der Waals surface area contributed by atoms with Crippen LogP contribution in [0, 0.1) is 0 Å². The van der Waals surface area contributed by atoms with Crippen molar-refractivity contribution >= 4 is 17.5 Å². The van der Waals surface area contributed by atoms with Gasteiger partial charge in [0.1, 0.15) is 5.75 Å². The molecule has 82 valence electrons. The monoisotopic (exact) mass is 228 g/mol. The van der Waals surface area contributed by atoms with Crippen molar-refractivity contribution < 1.29 is 9.90 Å². The number of halogens is 1. The van der Waals surface area contributed by atoms with Crippen molar-refractivity contribution in [2.24, 2.45) is 0 Å². The van der Waals surface area contributed by atoms with E-state index in [2.05, 4.69) is 10.6 Å². The Kier molecular flexibility index (Phi) is 4.39. The molecule has 1 aromatic carbocycles. The third kappa shape index (κ3) is 3.42. The van der Waals surface area contributed by atoms with E-state index in [1.165, 1.54) is 0 Å². The summed E-state index contributed by atoms with van der Waals surface area (Å²) in [5.41, 5.74) is 0.600. The first-order valence-corrected chi connectivity index (χ1v) is 4.90. The summed E-state index contributed by atoms with van der Waals surface area (Å²) in [4.78, 5) is 10.9. The van der Waals surface area contributed by atoms with E-state index in [1.54, 1.807) is 25.2 Å². The third-order valence-corrected chi connectivity index (χ3v) is 2.31. The van der Waals surface area contributed by atoms with Crippen LogP contribution in [-0.2, 0) is 11.3 Å². The van der Waals surface area contributed by atoms with Crippen LogP contribution in [0.5, 0.6) is 5.75 Å². The summed E-state index contributed by atoms with van der Waals surface area (Å²) in [7, 11) is 1.57. The van der Waals surface area contributed by atoms with E-state index in [0.717, 1.165) is 0 Å². The molecule has 0 spiro atoms. The number of amides is 1. The van der Waals surface area contributed by atoms with Gasteiger partial charge in [-0.1, -0.05) is 17.7 Å². The Morgan fingerprint density at radius 3 is 2.87 bits per heavy atom. The number of rotatable bonds is 4. The van der Waals surface area contributed by atoms with Crippen molar-refractivity contribution in [2.45, 2.75) is 6.54 Å². The standard InChI is InChI=1S/C10H13ClN2O2/c1-12-10(15)6-13-5-7-8(11)3-2-4-9(7)14/h2-4,13-14H,5-6H2,1H3,(H,12,15). The predicted molar refractivity (Wildman–Crippen MR) is 58.9 cm³/mol. The van der Waals surface area contributed by atoms with Crippen LogP contribution in [0.2, 0.25) is 5.02 Å². The van der Waals surface area contributed by atoms with Gasteiger partial charge in [0.25, 0.3) is 0 Å². The third-order valence-electron chi connectivity index (χ3n) is 1.96. The number of carbonyl (C=O) groups excluding carboxylic acids is 1. The number of aromatic hydroxyl groups is 1. The van der Waals surface area contributed by atoms with Gasteiger partial charge in [0, 0.05) is 24.2 Å². The van der Waals surface area contributed by atoms with Crippen LogP contribution in [0.1, 0.15) is 5.56 Å². The quantitative estimate of drug-likeness (QED) is 0.717. The lowest BCUT2D eigenvalue weighted by Crippen LogP contribution is -2.31. The molecule has 0 aromatic heterocycles. The summed E-state index contributed by atoms with van der Waals surface area (Å²) in [5, 5.41) is 15.3. The van der Waals surface area contributed by atoms with E-state index in [-0.39, 0.29) is 18.2 Å². The van der Waals surface area contributed by atoms with E-state index in [4.69, 9.17) is 11.6 Å². The van der Waals surface area contributed by atoms with Gasteiger partial charge in [0.2, 0.25) is 5.91 Å². The van der Waals surface area contributed by atoms with Crippen LogP contribution < -0.4 is 10.6 Å². The maximum Gasteiger partial charge on any atom is 0.233 e. The van der Waals surface area contributed by atoms with E-state index in [0.29, 0.717) is 17.1 Å². The summed E-state index contributed by atoms with van der Waals surface area (Å²) in [5.74, 6) is 0.0217. The van der Waals surface area contributed by atoms with Crippen molar-refractivity contribution in [1.29, 1.82) is 0 Å². The van der Waals surface area contributed by atoms with Gasteiger partial charge >= 0.3 is 0 Å². The summed E-state index contributed by atoms with van der Waals surface area (Å²) in [6.07, 6.45) is 0. The van der Waals surface area contributed by atoms with E-state index >= 15 is 0 Å². The minimum atomic E-state index is -0.110. The van der Waals surface area contributed by atoms with Crippen LogP contribution in [0.25, 0.3) is 0 Å². The van der Waals surface area contributed by atoms with Crippen molar-refractivity contribution in [3.63, 3.8) is 0 Å². The van der Waals surface area contributed by atoms with Crippen LogP contribution in [0.15, 0.2) is 18.2 Å². The highest BCUT2D eigenvalue weighted by Gasteiger charge is 2.05. The maximum atomic E-state index is 10.9. The fourth-order valence-corrected chi connectivity index (χ4v) is 1.35. The molecule has 15 heavy (non-hydrogen) atoms. The number of nitrogens with one attached hydrogen (secondary N) is 2. The van der Waals surface area contributed by atoms with Gasteiger partial charge in [-0.25, -0.2) is 0 Å². The first-order valence-electron chi connectivity index (χ1n) is 4.52. The molecule has 0 radical (unpaired) electrons. The summed E-state index contributed by atoms with van der Waals surface area (Å²) >= 11 is 5.88. The summed E-state index contributed by atoms with van der Waals surface area (Å²) in [6.45, 7) is 0.556. The lowest BCUT2D eigenvalue weighted by Gasteiger charge is -2.07. The molecular weight excluding hydrogens is 216 g/mol. The van der Waals surface area contributed by atoms with Crippen LogP contribution in [-0.4, -0.2) is 24.6 Å². The van der Waals surface area contributed by atoms with Gasteiger partial charge in [-0.15, -0.1) is 0 Å². The van der Waals surface area contributed by atoms with Gasteiger partial charge in [0.15, 0.2) is 0 Å². The number of hydrogen-bond donors (Lipinski definition) is 3. The summed E-state index contributed by atoms with van der Waals surface area (Å²) in [6, 6.07) is 4.92. The van der Waals surface area contributed by atoms with Crippen LogP contribution in [0.3, 0.4) is 0 Å². The molecular formula is C10H13ClN2O2. The molecule has 0 aliphatic carbocycles. The Bertz CT molecular complexity index is 335. The van der Waals surface area contributed by atoms with Crippen LogP contribution >= 0.6 is 11.6 Å². The first kappa shape index (κ1) is 11.8. The highest BCUT2D eigenvalue weighted by atomic mass is 35.5. The van der Waals surface area contributed by atoms with Crippen molar-refractivity contribution in [1.82, 2.24) is 10.6 Å². The van der Waals surface area contributed by atoms with Crippen molar-refractivity contribution in [3.8, 4) is 5.75 Å². The Labute approximate surface area is 93.2 Å². The topological polar surface area (TPSA) is 61.4 Å². The maximum absolute atomic E-state index is 10.9. The van der Waals surface area contributed by atoms with Crippen molar-refractivity contribution in [2.75, 3.05) is 13.6 Å². The lowest BCUT2D eigenvalue weighted by molar-refractivity contribution is -0.119. The van der Waals surface area contributed by atoms with Crippen molar-refractivity contribution in [3.05, 3.63) is 28.8 Å². The molecule has 0 aliphatic heterocycles. The molecule has 0 fully saturated rings. The second kappa shape index (κ2) is 5.58. The van der Waals surface area contributed by atoms with Gasteiger partial charge in [0.05, 0.1) is 6.54 Å². The molecule has 0 unspecified atom stereocenters. The van der Waals surface area contributed by atoms with Gasteiger partial charge in [-0.05, 0) is 12.1 Å². The van der Waals surface area contributed by atoms with E-state index in [9.17, 15) is 9.90 Å². The fourth-order valence-electron chi connectivity index (χ4n) is 1.11. The average molecular weight is 229 g/mol. The lowest BCUT2D eigenvalue weighted by atomic mass is 10.2. The SMILES string of the molecule is CNC(=O)CNCc1c(O)cccc1Cl. The minimum absolute atomic E-state index is 0.110. The Morgan fingerprint density at radius 1 is 1.53 bits per heavy atom. The van der Waals surface area contributed by atoms with Gasteiger partial charge in [-0.2, -0.15) is 0 Å². The van der Waals surface area contributed by atoms with Gasteiger partial charge in [-0.3, -0.25) is 4.79 Å². The predicted octanol–water partition coefficient (Wildman–Crippen LogP) is 0.881. The first-order chi connectivity index (χ1) is 7.15. The largest absolute Gasteiger partial charge is 0.508 e. The normalized spacial score (nSPS) is 10.0. The summed E-state index contributed by atoms with van der Waals surface area (Å²) < 4.78 is 0. The zero-order valence-corrected chi connectivity index (χ0v) is 9.14. The fraction of sp³-hybridized carbons (Fsp3) is 0.300. The smallest absolute Gasteiger partial charge is 0.233 e. The number of phenols is 1. The highest BCUT2D eigenvalue weighted by Crippen LogP contribution is 2.24. The number of phenolic OH excluding ortho intramolecular Hbond substituents is 1. The van der Waals surface area contributed by atoms with E-state index in [1.807, 2.05) is 0 Å². The van der Waals surface area contributed by atoms with Crippen LogP contribution in [0.4, 0.5) is 0 Å². The minimum Gasteiger partial charge on any atom is -0.508 e. The molecule has 1 aromatic rings. The molecule has 0 aliphatic rings. The molecule has 5 heteroatoms. The highest BCUT2D eigenvalue weighted by molar-refractivity contribution is 6.31. The second-order valence-corrected chi connectivity index (χ2v) is 3.42. The Morgan fingerprint density at radius 2 is 2.27 bits per heavy atom. The number of likely N-dealkylation sites (N-methyl/N-ethyl adjacent to an activating group) is 1.